The number of nitrogens with zero attached hydrogens (tertiary/aromatic N) is 4. The van der Waals surface area contributed by atoms with Gasteiger partial charge in [-0.25, -0.2) is 4.98 Å². The van der Waals surface area contributed by atoms with Gasteiger partial charge in [0.2, 0.25) is 5.95 Å². The largest absolute Gasteiger partial charge is 0.378 e. The zero-order chi connectivity index (χ0) is 22.5. The highest BCUT2D eigenvalue weighted by atomic mass is 16.5. The van der Waals surface area contributed by atoms with Crippen LogP contribution in [0.3, 0.4) is 0 Å². The van der Waals surface area contributed by atoms with Crippen LogP contribution in [0.2, 0.25) is 0 Å². The number of carbonyl (C=O) groups is 1. The lowest BCUT2D eigenvalue weighted by Crippen LogP contribution is -2.36. The van der Waals surface area contributed by atoms with E-state index >= 15 is 0 Å². The van der Waals surface area contributed by atoms with E-state index in [1.165, 1.54) is 0 Å². The Labute approximate surface area is 188 Å². The number of carbonyl (C=O) groups excluding carboxylic acids is 1. The van der Waals surface area contributed by atoms with E-state index < -0.39 is 0 Å². The fraction of sp³-hybridized carbons (Fsp3) is 0.292. The molecule has 166 valence electrons. The molecule has 1 amide bonds. The summed E-state index contributed by atoms with van der Waals surface area (Å²) in [5.74, 6) is 1.30. The predicted octanol–water partition coefficient (Wildman–Crippen LogP) is 3.68. The Bertz CT molecular complexity index is 1060. The molecule has 2 aromatic carbocycles. The normalized spacial score (nSPS) is 13.5. The van der Waals surface area contributed by atoms with Crippen molar-refractivity contribution < 1.29 is 9.53 Å². The van der Waals surface area contributed by atoms with Gasteiger partial charge in [-0.15, -0.1) is 0 Å². The lowest BCUT2D eigenvalue weighted by atomic mass is 10.2. The van der Waals surface area contributed by atoms with Crippen LogP contribution in [0.5, 0.6) is 0 Å². The zero-order valence-corrected chi connectivity index (χ0v) is 18.6. The van der Waals surface area contributed by atoms with Gasteiger partial charge in [0.05, 0.1) is 13.2 Å². The average molecular weight is 433 g/mol. The molecule has 0 radical (unpaired) electrons. The fourth-order valence-electron chi connectivity index (χ4n) is 3.44. The number of aromatic nitrogens is 2. The Kier molecular flexibility index (Phi) is 6.51. The standard InChI is InChI=1S/C24H28N6O2/c1-17-16-22(30-12-14-32-15-13-30)28-24(25-17)27-20-8-6-19(7-9-20)26-23(31)18-4-10-21(11-5-18)29(2)3/h4-11,16H,12-15H2,1-3H3,(H,26,31)(H,25,27,28). The van der Waals surface area contributed by atoms with Crippen molar-refractivity contribution in [1.29, 1.82) is 0 Å². The molecule has 0 aliphatic carbocycles. The van der Waals surface area contributed by atoms with Crippen LogP contribution in [-0.2, 0) is 4.74 Å². The van der Waals surface area contributed by atoms with E-state index in [0.717, 1.165) is 41.7 Å². The van der Waals surface area contributed by atoms with Gasteiger partial charge in [-0.05, 0) is 55.5 Å². The van der Waals surface area contributed by atoms with E-state index in [4.69, 9.17) is 4.74 Å². The predicted molar refractivity (Wildman–Crippen MR) is 128 cm³/mol. The SMILES string of the molecule is Cc1cc(N2CCOCC2)nc(Nc2ccc(NC(=O)c3ccc(N(C)C)cc3)cc2)n1. The quantitative estimate of drug-likeness (QED) is 0.615. The number of anilines is 5. The Morgan fingerprint density at radius 3 is 2.28 bits per heavy atom. The number of benzene rings is 2. The molecule has 0 spiro atoms. The summed E-state index contributed by atoms with van der Waals surface area (Å²) in [6, 6.07) is 17.0. The summed E-state index contributed by atoms with van der Waals surface area (Å²) in [5.41, 5.74) is 4.12. The van der Waals surface area contributed by atoms with Gasteiger partial charge < -0.3 is 25.2 Å². The van der Waals surface area contributed by atoms with Crippen LogP contribution in [0, 0.1) is 6.92 Å². The summed E-state index contributed by atoms with van der Waals surface area (Å²) in [6.07, 6.45) is 0. The Morgan fingerprint density at radius 1 is 0.969 bits per heavy atom. The third kappa shape index (κ3) is 5.33. The van der Waals surface area contributed by atoms with Crippen LogP contribution in [0.25, 0.3) is 0 Å². The molecule has 0 atom stereocenters. The van der Waals surface area contributed by atoms with E-state index in [-0.39, 0.29) is 5.91 Å². The molecule has 1 aliphatic rings. The number of amides is 1. The Balaban J connectivity index is 1.40. The summed E-state index contributed by atoms with van der Waals surface area (Å²) >= 11 is 0. The Hall–Kier alpha value is -3.65. The summed E-state index contributed by atoms with van der Waals surface area (Å²) in [6.45, 7) is 5.02. The van der Waals surface area contributed by atoms with Crippen molar-refractivity contribution in [2.75, 3.05) is 60.8 Å². The van der Waals surface area contributed by atoms with Crippen molar-refractivity contribution in [3.05, 3.63) is 65.9 Å². The van der Waals surface area contributed by atoms with Gasteiger partial charge >= 0.3 is 0 Å². The smallest absolute Gasteiger partial charge is 0.255 e. The van der Waals surface area contributed by atoms with Crippen molar-refractivity contribution in [3.63, 3.8) is 0 Å². The number of hydrogen-bond acceptors (Lipinski definition) is 7. The van der Waals surface area contributed by atoms with E-state index in [9.17, 15) is 4.79 Å². The minimum absolute atomic E-state index is 0.145. The first kappa shape index (κ1) is 21.6. The van der Waals surface area contributed by atoms with Crippen molar-refractivity contribution in [2.45, 2.75) is 6.92 Å². The molecule has 8 nitrogen and oxygen atoms in total. The molecule has 0 bridgehead atoms. The van der Waals surface area contributed by atoms with Gasteiger partial charge in [-0.3, -0.25) is 4.79 Å². The molecule has 1 aromatic heterocycles. The molecule has 1 saturated heterocycles. The van der Waals surface area contributed by atoms with Crippen LogP contribution >= 0.6 is 0 Å². The van der Waals surface area contributed by atoms with Crippen molar-refractivity contribution >= 4 is 34.7 Å². The first-order chi connectivity index (χ1) is 15.5. The second-order valence-electron chi connectivity index (χ2n) is 7.89. The number of morpholine rings is 1. The van der Waals surface area contributed by atoms with Crippen molar-refractivity contribution in [1.82, 2.24) is 9.97 Å². The summed E-state index contributed by atoms with van der Waals surface area (Å²) in [7, 11) is 3.94. The molecular weight excluding hydrogens is 404 g/mol. The zero-order valence-electron chi connectivity index (χ0n) is 18.6. The summed E-state index contributed by atoms with van der Waals surface area (Å²) in [4.78, 5) is 25.9. The molecule has 8 heteroatoms. The molecule has 3 aromatic rings. The molecule has 1 aliphatic heterocycles. The second kappa shape index (κ2) is 9.65. The summed E-state index contributed by atoms with van der Waals surface area (Å²) in [5, 5.41) is 6.18. The number of hydrogen-bond donors (Lipinski definition) is 2. The van der Waals surface area contributed by atoms with Crippen LogP contribution in [-0.4, -0.2) is 56.3 Å². The van der Waals surface area contributed by atoms with Crippen LogP contribution < -0.4 is 20.4 Å². The van der Waals surface area contributed by atoms with E-state index in [1.54, 1.807) is 0 Å². The van der Waals surface area contributed by atoms with Gasteiger partial charge in [0.25, 0.3) is 5.91 Å². The van der Waals surface area contributed by atoms with Crippen LogP contribution in [0.4, 0.5) is 28.8 Å². The maximum atomic E-state index is 12.5. The Morgan fingerprint density at radius 2 is 1.62 bits per heavy atom. The van der Waals surface area contributed by atoms with Gasteiger partial charge in [0, 0.05) is 61.6 Å². The summed E-state index contributed by atoms with van der Waals surface area (Å²) < 4.78 is 5.43. The minimum Gasteiger partial charge on any atom is -0.378 e. The first-order valence-electron chi connectivity index (χ1n) is 10.6. The van der Waals surface area contributed by atoms with Gasteiger partial charge in [-0.2, -0.15) is 4.98 Å². The second-order valence-corrected chi connectivity index (χ2v) is 7.89. The maximum absolute atomic E-state index is 12.5. The van der Waals surface area contributed by atoms with Crippen molar-refractivity contribution in [2.24, 2.45) is 0 Å². The number of rotatable bonds is 6. The molecular formula is C24H28N6O2. The van der Waals surface area contributed by atoms with Gasteiger partial charge in [0.15, 0.2) is 0 Å². The molecule has 1 fully saturated rings. The first-order valence-corrected chi connectivity index (χ1v) is 10.6. The minimum atomic E-state index is -0.145. The number of ether oxygens (including phenoxy) is 1. The molecule has 0 unspecified atom stereocenters. The number of nitrogens with one attached hydrogen (secondary N) is 2. The molecule has 0 saturated carbocycles. The van der Waals surface area contributed by atoms with Crippen LogP contribution in [0.1, 0.15) is 16.1 Å². The van der Waals surface area contributed by atoms with Gasteiger partial charge in [0.1, 0.15) is 5.82 Å². The highest BCUT2D eigenvalue weighted by Gasteiger charge is 2.14. The van der Waals surface area contributed by atoms with Crippen LogP contribution in [0.15, 0.2) is 54.6 Å². The van der Waals surface area contributed by atoms with E-state index in [2.05, 4.69) is 25.5 Å². The van der Waals surface area contributed by atoms with E-state index in [0.29, 0.717) is 24.7 Å². The van der Waals surface area contributed by atoms with E-state index in [1.807, 2.05) is 80.5 Å². The third-order valence-corrected chi connectivity index (χ3v) is 5.22. The van der Waals surface area contributed by atoms with Crippen molar-refractivity contribution in [3.8, 4) is 0 Å². The monoisotopic (exact) mass is 432 g/mol. The molecule has 2 N–H and O–H groups in total. The highest BCUT2D eigenvalue weighted by Crippen LogP contribution is 2.21. The molecule has 4 rings (SSSR count). The molecule has 2 heterocycles. The third-order valence-electron chi connectivity index (χ3n) is 5.22. The maximum Gasteiger partial charge on any atom is 0.255 e. The van der Waals surface area contributed by atoms with Gasteiger partial charge in [-0.1, -0.05) is 0 Å². The fourth-order valence-corrected chi connectivity index (χ4v) is 3.44. The highest BCUT2D eigenvalue weighted by molar-refractivity contribution is 6.04. The topological polar surface area (TPSA) is 82.6 Å². The lowest BCUT2D eigenvalue weighted by Gasteiger charge is -2.28. The molecule has 32 heavy (non-hydrogen) atoms. The average Bonchev–Trinajstić information content (AvgIpc) is 2.80. The number of aryl methyl sites for hydroxylation is 1. The lowest BCUT2D eigenvalue weighted by molar-refractivity contribution is 0.102.